The third-order valence-electron chi connectivity index (χ3n) is 2.99. The number of nitrogens with zero attached hydrogens (tertiary/aromatic N) is 1. The van der Waals surface area contributed by atoms with E-state index < -0.39 is 5.97 Å². The molecule has 2 N–H and O–H groups in total. The minimum atomic E-state index is -0.835. The fraction of sp³-hybridized carbons (Fsp3) is 0.308. The van der Waals surface area contributed by atoms with E-state index in [0.717, 1.165) is 4.90 Å². The van der Waals surface area contributed by atoms with Crippen molar-refractivity contribution in [3.05, 3.63) is 29.3 Å². The number of carboxylic acids is 1. The lowest BCUT2D eigenvalue weighted by Crippen LogP contribution is -2.24. The molecule has 19 heavy (non-hydrogen) atoms. The second-order valence-corrected chi connectivity index (χ2v) is 4.35. The Kier molecular flexibility index (Phi) is 3.50. The van der Waals surface area contributed by atoms with E-state index >= 15 is 0 Å². The van der Waals surface area contributed by atoms with Gasteiger partial charge in [-0.2, -0.15) is 0 Å². The second-order valence-electron chi connectivity index (χ2n) is 4.35. The van der Waals surface area contributed by atoms with Crippen LogP contribution in [0.25, 0.3) is 0 Å². The average Bonchev–Trinajstić information content (AvgIpc) is 2.60. The Bertz CT molecular complexity index is 554. The van der Waals surface area contributed by atoms with E-state index in [9.17, 15) is 14.4 Å². The van der Waals surface area contributed by atoms with Gasteiger partial charge in [-0.25, -0.2) is 0 Å². The normalized spacial score (nSPS) is 13.6. The van der Waals surface area contributed by atoms with Crippen molar-refractivity contribution in [2.24, 2.45) is 0 Å². The van der Waals surface area contributed by atoms with Crippen molar-refractivity contribution in [2.75, 3.05) is 18.9 Å². The number of hydrogen-bond donors (Lipinski definition) is 2. The van der Waals surface area contributed by atoms with Crippen LogP contribution in [0.5, 0.6) is 0 Å². The summed E-state index contributed by atoms with van der Waals surface area (Å²) in [5.74, 6) is -1.44. The van der Waals surface area contributed by atoms with Crippen molar-refractivity contribution in [1.82, 2.24) is 4.90 Å². The van der Waals surface area contributed by atoms with Gasteiger partial charge in [-0.1, -0.05) is 0 Å². The maximum Gasteiger partial charge on any atom is 0.303 e. The minimum Gasteiger partial charge on any atom is -0.481 e. The zero-order chi connectivity index (χ0) is 14.0. The van der Waals surface area contributed by atoms with Gasteiger partial charge in [0.05, 0.1) is 11.1 Å². The van der Waals surface area contributed by atoms with E-state index in [1.165, 1.54) is 7.05 Å². The molecule has 0 unspecified atom stereocenters. The number of anilines is 1. The Balaban J connectivity index is 2.04. The summed E-state index contributed by atoms with van der Waals surface area (Å²) >= 11 is 0. The highest BCUT2D eigenvalue weighted by atomic mass is 16.4. The topological polar surface area (TPSA) is 86.7 Å². The van der Waals surface area contributed by atoms with Gasteiger partial charge in [0, 0.05) is 25.7 Å². The molecule has 1 aromatic rings. The number of fused-ring (bicyclic) bond motifs is 1. The van der Waals surface area contributed by atoms with Gasteiger partial charge in [0.25, 0.3) is 11.8 Å². The molecule has 0 radical (unpaired) electrons. The van der Waals surface area contributed by atoms with Crippen LogP contribution in [0.1, 0.15) is 33.6 Å². The molecule has 0 aliphatic carbocycles. The van der Waals surface area contributed by atoms with E-state index in [2.05, 4.69) is 5.32 Å². The van der Waals surface area contributed by atoms with Crippen molar-refractivity contribution in [3.8, 4) is 0 Å². The van der Waals surface area contributed by atoms with Crippen LogP contribution in [0.15, 0.2) is 18.2 Å². The molecule has 1 aromatic carbocycles. The fourth-order valence-electron chi connectivity index (χ4n) is 1.94. The molecule has 2 amide bonds. The standard InChI is InChI=1S/C13H14N2O4/c1-15-12(18)9-5-4-8(7-10(9)13(15)19)14-6-2-3-11(16)17/h4-5,7,14H,2-3,6H2,1H3,(H,16,17). The summed E-state index contributed by atoms with van der Waals surface area (Å²) in [5, 5.41) is 11.5. The fourth-order valence-corrected chi connectivity index (χ4v) is 1.94. The van der Waals surface area contributed by atoms with Gasteiger partial charge in [-0.15, -0.1) is 0 Å². The van der Waals surface area contributed by atoms with Crippen LogP contribution in [-0.4, -0.2) is 41.4 Å². The number of hydrogen-bond acceptors (Lipinski definition) is 4. The van der Waals surface area contributed by atoms with E-state index in [1.807, 2.05) is 0 Å². The second kappa shape index (κ2) is 5.09. The molecule has 1 heterocycles. The molecule has 1 aliphatic heterocycles. The molecule has 0 bridgehead atoms. The van der Waals surface area contributed by atoms with Gasteiger partial charge in [0.2, 0.25) is 0 Å². The third kappa shape index (κ3) is 2.57. The van der Waals surface area contributed by atoms with Crippen LogP contribution in [0.3, 0.4) is 0 Å². The molecule has 2 rings (SSSR count). The molecule has 0 atom stereocenters. The maximum absolute atomic E-state index is 11.8. The predicted molar refractivity (Wildman–Crippen MR) is 68.2 cm³/mol. The van der Waals surface area contributed by atoms with E-state index in [4.69, 9.17) is 5.11 Å². The van der Waals surface area contributed by atoms with Crippen molar-refractivity contribution in [2.45, 2.75) is 12.8 Å². The molecule has 0 fully saturated rings. The first-order chi connectivity index (χ1) is 9.00. The number of imide groups is 1. The molecule has 100 valence electrons. The van der Waals surface area contributed by atoms with Crippen LogP contribution in [0.4, 0.5) is 5.69 Å². The molecular weight excluding hydrogens is 248 g/mol. The first-order valence-electron chi connectivity index (χ1n) is 5.93. The summed E-state index contributed by atoms with van der Waals surface area (Å²) in [5.41, 5.74) is 1.50. The van der Waals surface area contributed by atoms with Gasteiger partial charge >= 0.3 is 5.97 Å². The number of carboxylic acid groups (broad SMARTS) is 1. The minimum absolute atomic E-state index is 0.0953. The van der Waals surface area contributed by atoms with Gasteiger partial charge in [-0.05, 0) is 24.6 Å². The van der Waals surface area contributed by atoms with Crippen LogP contribution in [0, 0.1) is 0 Å². The smallest absolute Gasteiger partial charge is 0.303 e. The Labute approximate surface area is 110 Å². The third-order valence-corrected chi connectivity index (χ3v) is 2.99. The molecular formula is C13H14N2O4. The van der Waals surface area contributed by atoms with Crippen molar-refractivity contribution < 1.29 is 19.5 Å². The summed E-state index contributed by atoms with van der Waals surface area (Å²) in [4.78, 5) is 34.9. The van der Waals surface area contributed by atoms with Crippen LogP contribution < -0.4 is 5.32 Å². The highest BCUT2D eigenvalue weighted by molar-refractivity contribution is 6.21. The lowest BCUT2D eigenvalue weighted by atomic mass is 10.1. The lowest BCUT2D eigenvalue weighted by molar-refractivity contribution is -0.137. The molecule has 6 nitrogen and oxygen atoms in total. The Morgan fingerprint density at radius 1 is 1.26 bits per heavy atom. The van der Waals surface area contributed by atoms with Gasteiger partial charge < -0.3 is 10.4 Å². The Morgan fingerprint density at radius 2 is 1.95 bits per heavy atom. The van der Waals surface area contributed by atoms with Crippen molar-refractivity contribution >= 4 is 23.5 Å². The van der Waals surface area contributed by atoms with E-state index in [0.29, 0.717) is 29.8 Å². The largest absolute Gasteiger partial charge is 0.481 e. The quantitative estimate of drug-likeness (QED) is 0.615. The Hall–Kier alpha value is -2.37. The molecule has 0 saturated heterocycles. The van der Waals surface area contributed by atoms with Crippen LogP contribution in [-0.2, 0) is 4.79 Å². The zero-order valence-electron chi connectivity index (χ0n) is 10.5. The van der Waals surface area contributed by atoms with Crippen molar-refractivity contribution in [3.63, 3.8) is 0 Å². The summed E-state index contributed by atoms with van der Waals surface area (Å²) in [6, 6.07) is 4.95. The van der Waals surface area contributed by atoms with Gasteiger partial charge in [0.1, 0.15) is 0 Å². The van der Waals surface area contributed by atoms with E-state index in [-0.39, 0.29) is 18.2 Å². The number of carbonyl (C=O) groups excluding carboxylic acids is 2. The molecule has 0 aromatic heterocycles. The molecule has 0 spiro atoms. The van der Waals surface area contributed by atoms with E-state index in [1.54, 1.807) is 18.2 Å². The molecule has 1 aliphatic rings. The maximum atomic E-state index is 11.8. The van der Waals surface area contributed by atoms with Crippen molar-refractivity contribution in [1.29, 1.82) is 0 Å². The zero-order valence-corrected chi connectivity index (χ0v) is 10.5. The number of benzene rings is 1. The first kappa shape index (κ1) is 13.1. The van der Waals surface area contributed by atoms with Crippen LogP contribution >= 0.6 is 0 Å². The summed E-state index contributed by atoms with van der Waals surface area (Å²) in [7, 11) is 1.45. The lowest BCUT2D eigenvalue weighted by Gasteiger charge is -2.06. The highest BCUT2D eigenvalue weighted by Crippen LogP contribution is 2.24. The first-order valence-corrected chi connectivity index (χ1v) is 5.93. The number of rotatable bonds is 5. The number of carbonyl (C=O) groups is 3. The monoisotopic (exact) mass is 262 g/mol. The summed E-state index contributed by atoms with van der Waals surface area (Å²) in [6.07, 6.45) is 0.595. The SMILES string of the molecule is CN1C(=O)c2ccc(NCCCC(=O)O)cc2C1=O. The number of aliphatic carboxylic acids is 1. The molecule has 0 saturated carbocycles. The average molecular weight is 262 g/mol. The highest BCUT2D eigenvalue weighted by Gasteiger charge is 2.32. The summed E-state index contributed by atoms with van der Waals surface area (Å²) < 4.78 is 0. The number of amides is 2. The van der Waals surface area contributed by atoms with Gasteiger partial charge in [-0.3, -0.25) is 19.3 Å². The Morgan fingerprint density at radius 3 is 2.63 bits per heavy atom. The molecule has 6 heteroatoms. The summed E-state index contributed by atoms with van der Waals surface area (Å²) in [6.45, 7) is 0.503. The number of nitrogens with one attached hydrogen (secondary N) is 1. The predicted octanol–water partition coefficient (Wildman–Crippen LogP) is 1.19. The van der Waals surface area contributed by atoms with Crippen LogP contribution in [0.2, 0.25) is 0 Å². The van der Waals surface area contributed by atoms with Gasteiger partial charge in [0.15, 0.2) is 0 Å².